The maximum absolute atomic E-state index is 13.2. The predicted molar refractivity (Wildman–Crippen MR) is 131 cm³/mol. The van der Waals surface area contributed by atoms with E-state index >= 15 is 0 Å². The quantitative estimate of drug-likeness (QED) is 0.381. The number of ether oxygens (including phenoxy) is 1. The molecule has 0 aliphatic rings. The number of aromatic amines is 1. The van der Waals surface area contributed by atoms with Gasteiger partial charge in [-0.2, -0.15) is 5.21 Å². The third kappa shape index (κ3) is 4.79. The molecule has 9 heteroatoms. The van der Waals surface area contributed by atoms with Crippen LogP contribution in [0.2, 0.25) is 0 Å². The van der Waals surface area contributed by atoms with E-state index in [-0.39, 0.29) is 11.5 Å². The smallest absolute Gasteiger partial charge is 0.258 e. The average molecular weight is 467 g/mol. The molecule has 35 heavy (non-hydrogen) atoms. The molecule has 0 fully saturated rings. The molecule has 5 aromatic rings. The van der Waals surface area contributed by atoms with Crippen molar-refractivity contribution >= 4 is 16.7 Å². The number of aromatic nitrogens is 5. The summed E-state index contributed by atoms with van der Waals surface area (Å²) in [5.74, 6) is 0.991. The molecule has 5 rings (SSSR count). The number of H-pyrrole nitrogens is 1. The molecule has 2 aromatic heterocycles. The topological polar surface area (TPSA) is 115 Å². The molecule has 9 nitrogen and oxygen atoms in total. The molecule has 0 atom stereocenters. The summed E-state index contributed by atoms with van der Waals surface area (Å²) in [5, 5.41) is 18.1. The fourth-order valence-electron chi connectivity index (χ4n) is 3.85. The second-order valence-electron chi connectivity index (χ2n) is 8.02. The van der Waals surface area contributed by atoms with Gasteiger partial charge < -0.3 is 14.6 Å². The van der Waals surface area contributed by atoms with Crippen molar-refractivity contribution in [2.45, 2.75) is 13.1 Å². The maximum atomic E-state index is 13.2. The minimum absolute atomic E-state index is 0.160. The zero-order chi connectivity index (χ0) is 24.2. The first-order chi connectivity index (χ1) is 17.1. The molecule has 2 heterocycles. The molecular formula is C26H22N6O3. The Morgan fingerprint density at radius 2 is 1.89 bits per heavy atom. The minimum atomic E-state index is -0.249. The largest absolute Gasteiger partial charge is 0.497 e. The Labute approximate surface area is 200 Å². The number of pyridine rings is 1. The third-order valence-electron chi connectivity index (χ3n) is 5.74. The van der Waals surface area contributed by atoms with Crippen LogP contribution in [-0.2, 0) is 13.1 Å². The fourth-order valence-corrected chi connectivity index (χ4v) is 3.85. The van der Waals surface area contributed by atoms with Gasteiger partial charge in [0, 0.05) is 29.3 Å². The van der Waals surface area contributed by atoms with E-state index in [9.17, 15) is 9.59 Å². The van der Waals surface area contributed by atoms with Crippen molar-refractivity contribution in [1.82, 2.24) is 30.5 Å². The number of nitrogens with one attached hydrogen (secondary N) is 2. The van der Waals surface area contributed by atoms with Crippen LogP contribution in [0.1, 0.15) is 21.5 Å². The zero-order valence-electron chi connectivity index (χ0n) is 18.9. The van der Waals surface area contributed by atoms with Gasteiger partial charge in [-0.15, -0.1) is 10.2 Å². The summed E-state index contributed by atoms with van der Waals surface area (Å²) in [7, 11) is 1.60. The normalized spacial score (nSPS) is 10.9. The van der Waals surface area contributed by atoms with Crippen LogP contribution in [0.5, 0.6) is 5.75 Å². The van der Waals surface area contributed by atoms with Crippen LogP contribution in [0, 0.1) is 0 Å². The first-order valence-corrected chi connectivity index (χ1v) is 11.0. The molecule has 0 radical (unpaired) electrons. The lowest BCUT2D eigenvalue weighted by Gasteiger charge is -2.10. The third-order valence-corrected chi connectivity index (χ3v) is 5.74. The number of amides is 1. The second kappa shape index (κ2) is 9.60. The molecule has 174 valence electrons. The summed E-state index contributed by atoms with van der Waals surface area (Å²) in [6.07, 6.45) is 1.76. The molecule has 1 amide bonds. The number of carbonyl (C=O) groups is 1. The van der Waals surface area contributed by atoms with E-state index in [1.807, 2.05) is 54.6 Å². The molecule has 3 aromatic carbocycles. The minimum Gasteiger partial charge on any atom is -0.497 e. The van der Waals surface area contributed by atoms with Crippen molar-refractivity contribution in [3.63, 3.8) is 0 Å². The summed E-state index contributed by atoms with van der Waals surface area (Å²) >= 11 is 0. The van der Waals surface area contributed by atoms with Crippen LogP contribution in [0.25, 0.3) is 22.2 Å². The van der Waals surface area contributed by atoms with Gasteiger partial charge >= 0.3 is 0 Å². The van der Waals surface area contributed by atoms with Gasteiger partial charge in [-0.1, -0.05) is 42.5 Å². The van der Waals surface area contributed by atoms with E-state index in [4.69, 9.17) is 4.74 Å². The number of tetrazole rings is 1. The molecule has 2 N–H and O–H groups in total. The van der Waals surface area contributed by atoms with Crippen LogP contribution < -0.4 is 15.6 Å². The van der Waals surface area contributed by atoms with E-state index < -0.39 is 0 Å². The molecular weight excluding hydrogens is 444 g/mol. The van der Waals surface area contributed by atoms with Crippen LogP contribution in [0.4, 0.5) is 0 Å². The van der Waals surface area contributed by atoms with E-state index in [1.165, 1.54) is 0 Å². The van der Waals surface area contributed by atoms with Crippen molar-refractivity contribution in [3.8, 4) is 17.1 Å². The first-order valence-electron chi connectivity index (χ1n) is 11.0. The molecule has 0 aliphatic carbocycles. The van der Waals surface area contributed by atoms with Crippen LogP contribution in [-0.4, -0.2) is 38.2 Å². The van der Waals surface area contributed by atoms with Crippen molar-refractivity contribution in [3.05, 3.63) is 106 Å². The van der Waals surface area contributed by atoms with Crippen molar-refractivity contribution in [1.29, 1.82) is 0 Å². The Kier molecular flexibility index (Phi) is 6.04. The van der Waals surface area contributed by atoms with Gasteiger partial charge in [0.1, 0.15) is 5.75 Å². The summed E-state index contributed by atoms with van der Waals surface area (Å²) in [6.45, 7) is 0.751. The lowest BCUT2D eigenvalue weighted by Crippen LogP contribution is -2.24. The Morgan fingerprint density at radius 3 is 2.66 bits per heavy atom. The van der Waals surface area contributed by atoms with Gasteiger partial charge in [-0.3, -0.25) is 9.59 Å². The first kappa shape index (κ1) is 22.0. The van der Waals surface area contributed by atoms with Crippen LogP contribution >= 0.6 is 0 Å². The highest BCUT2D eigenvalue weighted by molar-refractivity contribution is 5.98. The Hall–Kier alpha value is -4.79. The Morgan fingerprint density at radius 1 is 1.03 bits per heavy atom. The molecule has 0 saturated heterocycles. The lowest BCUT2D eigenvalue weighted by molar-refractivity contribution is 0.0951. The molecule has 0 saturated carbocycles. The van der Waals surface area contributed by atoms with Gasteiger partial charge in [0.25, 0.3) is 11.5 Å². The van der Waals surface area contributed by atoms with Gasteiger partial charge in [0.05, 0.1) is 13.7 Å². The second-order valence-corrected chi connectivity index (χ2v) is 8.02. The number of hydrogen-bond donors (Lipinski definition) is 2. The molecule has 0 bridgehead atoms. The average Bonchev–Trinajstić information content (AvgIpc) is 3.44. The summed E-state index contributed by atoms with van der Waals surface area (Å²) in [5.41, 5.74) is 2.97. The van der Waals surface area contributed by atoms with Crippen molar-refractivity contribution < 1.29 is 9.53 Å². The van der Waals surface area contributed by atoms with Crippen LogP contribution in [0.15, 0.2) is 83.8 Å². The number of carbonyl (C=O) groups excluding carboxylic acids is 1. The number of methoxy groups -OCH3 is 1. The standard InChI is InChI=1S/C26H22N6O3/c1-35-22-4-2-3-18(13-22)15-27-25(33)21-10-9-19-11-12-32(26(34)23(19)14-21)16-17-5-7-20(8-6-17)24-28-30-31-29-24/h2-14H,15-16H2,1H3,(H,27,33)(H,28,29,30,31). The van der Waals surface area contributed by atoms with Gasteiger partial charge in [-0.25, -0.2) is 0 Å². The Balaban J connectivity index is 1.34. The monoisotopic (exact) mass is 466 g/mol. The number of fused-ring (bicyclic) bond motifs is 1. The van der Waals surface area contributed by atoms with Crippen molar-refractivity contribution in [2.24, 2.45) is 0 Å². The summed E-state index contributed by atoms with van der Waals surface area (Å²) in [6, 6.07) is 22.2. The van der Waals surface area contributed by atoms with E-state index in [2.05, 4.69) is 25.9 Å². The highest BCUT2D eigenvalue weighted by Crippen LogP contribution is 2.17. The zero-order valence-corrected chi connectivity index (χ0v) is 18.9. The molecule has 0 aliphatic heterocycles. The van der Waals surface area contributed by atoms with Gasteiger partial charge in [0.2, 0.25) is 5.82 Å². The number of rotatable bonds is 7. The predicted octanol–water partition coefficient (Wildman–Crippen LogP) is 3.17. The van der Waals surface area contributed by atoms with Gasteiger partial charge in [-0.05, 0) is 52.1 Å². The fraction of sp³-hybridized carbons (Fsp3) is 0.115. The van der Waals surface area contributed by atoms with Crippen molar-refractivity contribution in [2.75, 3.05) is 7.11 Å². The van der Waals surface area contributed by atoms with E-state index in [1.54, 1.807) is 36.1 Å². The van der Waals surface area contributed by atoms with Gasteiger partial charge in [0.15, 0.2) is 0 Å². The molecule has 0 spiro atoms. The lowest BCUT2D eigenvalue weighted by atomic mass is 10.1. The number of benzene rings is 3. The highest BCUT2D eigenvalue weighted by Gasteiger charge is 2.10. The highest BCUT2D eigenvalue weighted by atomic mass is 16.5. The SMILES string of the molecule is COc1cccc(CNC(=O)c2ccc3ccn(Cc4ccc(-c5nn[nH]n5)cc4)c(=O)c3c2)c1. The maximum Gasteiger partial charge on any atom is 0.258 e. The van der Waals surface area contributed by atoms with E-state index in [0.717, 1.165) is 27.8 Å². The molecule has 0 unspecified atom stereocenters. The van der Waals surface area contributed by atoms with Crippen LogP contribution in [0.3, 0.4) is 0 Å². The summed E-state index contributed by atoms with van der Waals surface area (Å²) < 4.78 is 6.85. The Bertz CT molecular complexity index is 1540. The number of nitrogens with zero attached hydrogens (tertiary/aromatic N) is 4. The summed E-state index contributed by atoms with van der Waals surface area (Å²) in [4.78, 5) is 26.0. The number of hydrogen-bond acceptors (Lipinski definition) is 6. The van der Waals surface area contributed by atoms with E-state index in [0.29, 0.717) is 29.9 Å².